The molecule has 0 aliphatic rings. The van der Waals surface area contributed by atoms with Crippen LogP contribution in [-0.4, -0.2) is 22.8 Å². The highest BCUT2D eigenvalue weighted by Gasteiger charge is 2.12. The van der Waals surface area contributed by atoms with Crippen LogP contribution >= 0.6 is 11.6 Å². The van der Waals surface area contributed by atoms with Crippen LogP contribution in [0.2, 0.25) is 5.02 Å². The van der Waals surface area contributed by atoms with Crippen molar-refractivity contribution >= 4 is 27.4 Å². The average Bonchev–Trinajstić information content (AvgIpc) is 2.89. The van der Waals surface area contributed by atoms with Crippen molar-refractivity contribution in [1.29, 1.82) is 0 Å². The van der Waals surface area contributed by atoms with Gasteiger partial charge in [-0.2, -0.15) is 13.5 Å². The Bertz CT molecular complexity index is 949. The fourth-order valence-corrected chi connectivity index (χ4v) is 2.73. The van der Waals surface area contributed by atoms with Gasteiger partial charge in [-0.15, -0.1) is 0 Å². The van der Waals surface area contributed by atoms with Crippen LogP contribution in [0, 0.1) is 0 Å². The largest absolute Gasteiger partial charge is 0.396 e. The van der Waals surface area contributed by atoms with E-state index in [4.69, 9.17) is 21.9 Å². The zero-order valence-electron chi connectivity index (χ0n) is 11.7. The highest BCUT2D eigenvalue weighted by molar-refractivity contribution is 7.85. The van der Waals surface area contributed by atoms with E-state index < -0.39 is 10.1 Å². The van der Waals surface area contributed by atoms with Crippen LogP contribution in [0.1, 0.15) is 0 Å². The molecule has 8 heteroatoms. The summed E-state index contributed by atoms with van der Waals surface area (Å²) in [6, 6.07) is 12.8. The molecule has 0 bridgehead atoms. The summed E-state index contributed by atoms with van der Waals surface area (Å²) < 4.78 is 32.6. The number of hydrogen-bond donors (Lipinski definition) is 2. The van der Waals surface area contributed by atoms with Gasteiger partial charge in [0.15, 0.2) is 0 Å². The molecule has 1 aromatic heterocycles. The van der Waals surface area contributed by atoms with Crippen molar-refractivity contribution in [2.75, 3.05) is 5.73 Å². The van der Waals surface area contributed by atoms with Crippen molar-refractivity contribution in [3.63, 3.8) is 0 Å². The van der Waals surface area contributed by atoms with Gasteiger partial charge in [-0.25, -0.2) is 4.68 Å². The number of nitrogen functional groups attached to an aromatic ring is 1. The molecule has 0 fully saturated rings. The van der Waals surface area contributed by atoms with Crippen LogP contribution in [0.5, 0.6) is 0 Å². The second-order valence-corrected chi connectivity index (χ2v) is 6.71. The normalized spacial score (nSPS) is 11.6. The number of benzene rings is 2. The number of nitrogens with zero attached hydrogens (tertiary/aromatic N) is 2. The van der Waals surface area contributed by atoms with Crippen LogP contribution in [0.15, 0.2) is 59.6 Å². The minimum Gasteiger partial charge on any atom is -0.396 e. The van der Waals surface area contributed by atoms with Crippen LogP contribution in [0.25, 0.3) is 16.9 Å². The smallest absolute Gasteiger partial charge is 0.294 e. The van der Waals surface area contributed by atoms with Gasteiger partial charge in [-0.1, -0.05) is 23.7 Å². The first-order valence-corrected chi connectivity index (χ1v) is 8.35. The van der Waals surface area contributed by atoms with Gasteiger partial charge in [-0.3, -0.25) is 4.55 Å². The van der Waals surface area contributed by atoms with Crippen LogP contribution < -0.4 is 5.73 Å². The van der Waals surface area contributed by atoms with E-state index in [1.807, 2.05) is 12.1 Å². The van der Waals surface area contributed by atoms with Gasteiger partial charge in [-0.05, 0) is 36.4 Å². The first-order chi connectivity index (χ1) is 10.8. The molecule has 23 heavy (non-hydrogen) atoms. The van der Waals surface area contributed by atoms with Gasteiger partial charge in [0.2, 0.25) is 0 Å². The van der Waals surface area contributed by atoms with Crippen molar-refractivity contribution in [2.24, 2.45) is 0 Å². The predicted molar refractivity (Wildman–Crippen MR) is 88.2 cm³/mol. The highest BCUT2D eigenvalue weighted by atomic mass is 35.5. The molecule has 0 aliphatic heterocycles. The lowest BCUT2D eigenvalue weighted by atomic mass is 10.1. The topological polar surface area (TPSA) is 98.2 Å². The number of nitrogens with two attached hydrogens (primary N) is 1. The van der Waals surface area contributed by atoms with Crippen LogP contribution in [0.3, 0.4) is 0 Å². The van der Waals surface area contributed by atoms with Crippen molar-refractivity contribution in [3.8, 4) is 16.9 Å². The van der Waals surface area contributed by atoms with Gasteiger partial charge in [0.05, 0.1) is 22.5 Å². The maximum atomic E-state index is 11.1. The van der Waals surface area contributed by atoms with Gasteiger partial charge in [0.25, 0.3) is 10.1 Å². The molecular weight excluding hydrogens is 338 g/mol. The molecule has 1 heterocycles. The highest BCUT2D eigenvalue weighted by Crippen LogP contribution is 2.26. The second-order valence-electron chi connectivity index (χ2n) is 4.85. The maximum Gasteiger partial charge on any atom is 0.294 e. The first-order valence-electron chi connectivity index (χ1n) is 6.53. The monoisotopic (exact) mass is 349 g/mol. The molecule has 0 radical (unpaired) electrons. The number of halogens is 1. The van der Waals surface area contributed by atoms with Crippen LogP contribution in [0.4, 0.5) is 5.69 Å². The average molecular weight is 350 g/mol. The predicted octanol–water partition coefficient (Wildman–Crippen LogP) is 3.02. The van der Waals surface area contributed by atoms with E-state index in [2.05, 4.69) is 5.10 Å². The molecule has 3 N–H and O–H groups in total. The summed E-state index contributed by atoms with van der Waals surface area (Å²) in [4.78, 5) is -0.181. The SMILES string of the molecule is Nc1cn(-c2ccc(S(=O)(=O)O)cc2)nc1-c1ccc(Cl)cc1. The minimum atomic E-state index is -4.22. The quantitative estimate of drug-likeness (QED) is 0.708. The standard InChI is InChI=1S/C15H12ClN3O3S/c16-11-3-1-10(2-4-11)15-14(17)9-19(18-15)12-5-7-13(8-6-12)23(20,21)22/h1-9H,17H2,(H,20,21,22). The van der Waals surface area contributed by atoms with E-state index >= 15 is 0 Å². The zero-order valence-corrected chi connectivity index (χ0v) is 13.3. The molecular formula is C15H12ClN3O3S. The first kappa shape index (κ1) is 15.5. The Labute approximate surface area is 137 Å². The van der Waals surface area contributed by atoms with Gasteiger partial charge in [0.1, 0.15) is 5.69 Å². The van der Waals surface area contributed by atoms with Crippen molar-refractivity contribution < 1.29 is 13.0 Å². The fraction of sp³-hybridized carbons (Fsp3) is 0. The Morgan fingerprint density at radius 3 is 2.22 bits per heavy atom. The second kappa shape index (κ2) is 5.69. The van der Waals surface area contributed by atoms with E-state index in [-0.39, 0.29) is 4.90 Å². The lowest BCUT2D eigenvalue weighted by Gasteiger charge is -2.02. The molecule has 0 atom stereocenters. The van der Waals surface area contributed by atoms with Crippen LogP contribution in [-0.2, 0) is 10.1 Å². The zero-order chi connectivity index (χ0) is 16.6. The summed E-state index contributed by atoms with van der Waals surface area (Å²) in [5.74, 6) is 0. The Hall–Kier alpha value is -2.35. The lowest BCUT2D eigenvalue weighted by Crippen LogP contribution is -1.99. The molecule has 6 nitrogen and oxygen atoms in total. The van der Waals surface area contributed by atoms with Gasteiger partial charge < -0.3 is 5.73 Å². The van der Waals surface area contributed by atoms with Gasteiger partial charge >= 0.3 is 0 Å². The van der Waals surface area contributed by atoms with E-state index in [0.29, 0.717) is 22.1 Å². The Morgan fingerprint density at radius 2 is 1.65 bits per heavy atom. The van der Waals surface area contributed by atoms with E-state index in [1.165, 1.54) is 28.9 Å². The number of anilines is 1. The van der Waals surface area contributed by atoms with Gasteiger partial charge in [0, 0.05) is 10.6 Å². The van der Waals surface area contributed by atoms with E-state index in [9.17, 15) is 8.42 Å². The molecule has 0 aliphatic carbocycles. The van der Waals surface area contributed by atoms with Crippen molar-refractivity contribution in [2.45, 2.75) is 4.90 Å². The third-order valence-electron chi connectivity index (χ3n) is 3.26. The Morgan fingerprint density at radius 1 is 1.04 bits per heavy atom. The summed E-state index contributed by atoms with van der Waals surface area (Å²) in [5, 5.41) is 5.03. The molecule has 0 saturated carbocycles. The molecule has 0 unspecified atom stereocenters. The maximum absolute atomic E-state index is 11.1. The minimum absolute atomic E-state index is 0.181. The molecule has 3 rings (SSSR count). The third-order valence-corrected chi connectivity index (χ3v) is 4.38. The molecule has 0 saturated heterocycles. The van der Waals surface area contributed by atoms with Crippen molar-refractivity contribution in [3.05, 3.63) is 59.8 Å². The molecule has 0 amide bonds. The number of aromatic nitrogens is 2. The van der Waals surface area contributed by atoms with Crippen molar-refractivity contribution in [1.82, 2.24) is 9.78 Å². The Balaban J connectivity index is 1.99. The molecule has 0 spiro atoms. The number of rotatable bonds is 3. The summed E-state index contributed by atoms with van der Waals surface area (Å²) >= 11 is 5.87. The summed E-state index contributed by atoms with van der Waals surface area (Å²) in [5.41, 5.74) is 8.51. The molecule has 118 valence electrons. The lowest BCUT2D eigenvalue weighted by molar-refractivity contribution is 0.483. The Kier molecular flexibility index (Phi) is 3.85. The molecule has 2 aromatic carbocycles. The third kappa shape index (κ3) is 3.21. The molecule has 3 aromatic rings. The fourth-order valence-electron chi connectivity index (χ4n) is 2.12. The number of hydrogen-bond acceptors (Lipinski definition) is 4. The summed E-state index contributed by atoms with van der Waals surface area (Å²) in [7, 11) is -4.22. The summed E-state index contributed by atoms with van der Waals surface area (Å²) in [6.07, 6.45) is 1.63. The van der Waals surface area contributed by atoms with E-state index in [1.54, 1.807) is 18.3 Å². The van der Waals surface area contributed by atoms with E-state index in [0.717, 1.165) is 5.56 Å². The summed E-state index contributed by atoms with van der Waals surface area (Å²) in [6.45, 7) is 0.